The van der Waals surface area contributed by atoms with Gasteiger partial charge in [0.1, 0.15) is 5.92 Å². The zero-order valence-corrected chi connectivity index (χ0v) is 21.2. The molecule has 1 N–H and O–H groups in total. The van der Waals surface area contributed by atoms with Crippen molar-refractivity contribution in [1.29, 1.82) is 0 Å². The van der Waals surface area contributed by atoms with Gasteiger partial charge in [0.2, 0.25) is 5.91 Å². The molecule has 0 aliphatic carbocycles. The van der Waals surface area contributed by atoms with E-state index in [1.165, 1.54) is 0 Å². The van der Waals surface area contributed by atoms with Gasteiger partial charge in [-0.2, -0.15) is 0 Å². The summed E-state index contributed by atoms with van der Waals surface area (Å²) in [5.41, 5.74) is 4.37. The van der Waals surface area contributed by atoms with E-state index in [2.05, 4.69) is 5.32 Å². The Morgan fingerprint density at radius 2 is 1.71 bits per heavy atom. The van der Waals surface area contributed by atoms with E-state index < -0.39 is 11.9 Å². The average molecular weight is 510 g/mol. The second-order valence-corrected chi connectivity index (χ2v) is 9.25. The number of ether oxygens (including phenoxy) is 1. The third-order valence-corrected chi connectivity index (χ3v) is 6.26. The van der Waals surface area contributed by atoms with Crippen molar-refractivity contribution in [3.05, 3.63) is 93.0 Å². The minimum Gasteiger partial charge on any atom is -0.462 e. The first kappa shape index (κ1) is 24.9. The van der Waals surface area contributed by atoms with Crippen molar-refractivity contribution < 1.29 is 14.3 Å². The molecule has 0 aromatic heterocycles. The van der Waals surface area contributed by atoms with Crippen LogP contribution < -0.4 is 5.32 Å². The number of aliphatic imine (C=N–C) groups is 1. The summed E-state index contributed by atoms with van der Waals surface area (Å²) in [5.74, 6) is -1.35. The number of nitrogens with zero attached hydrogens (tertiary/aromatic N) is 2. The number of benzene rings is 3. The molecule has 0 fully saturated rings. The van der Waals surface area contributed by atoms with Crippen LogP contribution in [0.2, 0.25) is 10.0 Å². The molecule has 180 valence electrons. The molecule has 1 atom stereocenters. The standard InChI is InChI=1S/C27H25Cl2N3O3/c1-4-35-27(34)17-10-11-19-23(12-17)31-26(33)24(19)25(16-8-6-5-7-9-16)30-18-13-21(28)20(15-32(2)3)22(29)14-18/h5-14,24H,4,15H2,1-3H3,(H,31,33). The van der Waals surface area contributed by atoms with Gasteiger partial charge in [0.25, 0.3) is 0 Å². The molecule has 0 saturated carbocycles. The summed E-state index contributed by atoms with van der Waals surface area (Å²) < 4.78 is 5.09. The summed E-state index contributed by atoms with van der Waals surface area (Å²) in [6, 6.07) is 18.1. The van der Waals surface area contributed by atoms with Gasteiger partial charge >= 0.3 is 5.97 Å². The summed E-state index contributed by atoms with van der Waals surface area (Å²) in [6.07, 6.45) is 0. The van der Waals surface area contributed by atoms with Crippen LogP contribution in [0.25, 0.3) is 0 Å². The second-order valence-electron chi connectivity index (χ2n) is 8.43. The molecule has 0 saturated heterocycles. The van der Waals surface area contributed by atoms with Crippen LogP contribution in [0.5, 0.6) is 0 Å². The number of rotatable bonds is 7. The first-order valence-electron chi connectivity index (χ1n) is 11.2. The molecule has 1 unspecified atom stereocenters. The molecule has 4 rings (SSSR count). The fourth-order valence-electron chi connectivity index (χ4n) is 4.04. The summed E-state index contributed by atoms with van der Waals surface area (Å²) in [5, 5.41) is 3.90. The number of amides is 1. The third-order valence-electron chi connectivity index (χ3n) is 5.59. The van der Waals surface area contributed by atoms with Gasteiger partial charge in [0.15, 0.2) is 0 Å². The van der Waals surface area contributed by atoms with Crippen LogP contribution in [-0.4, -0.2) is 43.2 Å². The molecule has 35 heavy (non-hydrogen) atoms. The van der Waals surface area contributed by atoms with E-state index >= 15 is 0 Å². The Morgan fingerprint density at radius 3 is 2.34 bits per heavy atom. The lowest BCUT2D eigenvalue weighted by atomic mass is 9.90. The molecule has 8 heteroatoms. The summed E-state index contributed by atoms with van der Waals surface area (Å²) in [6.45, 7) is 2.61. The van der Waals surface area contributed by atoms with Gasteiger partial charge in [-0.25, -0.2) is 4.79 Å². The lowest BCUT2D eigenvalue weighted by molar-refractivity contribution is -0.115. The number of hydrogen-bond acceptors (Lipinski definition) is 5. The monoisotopic (exact) mass is 509 g/mol. The summed E-state index contributed by atoms with van der Waals surface area (Å²) in [4.78, 5) is 32.2. The third kappa shape index (κ3) is 5.40. The van der Waals surface area contributed by atoms with Gasteiger partial charge in [-0.15, -0.1) is 0 Å². The molecule has 6 nitrogen and oxygen atoms in total. The first-order valence-corrected chi connectivity index (χ1v) is 11.9. The van der Waals surface area contributed by atoms with Crippen molar-refractivity contribution in [3.63, 3.8) is 0 Å². The van der Waals surface area contributed by atoms with Crippen LogP contribution in [0.1, 0.15) is 39.9 Å². The van der Waals surface area contributed by atoms with Crippen LogP contribution in [-0.2, 0) is 16.1 Å². The van der Waals surface area contributed by atoms with Crippen molar-refractivity contribution in [2.24, 2.45) is 4.99 Å². The van der Waals surface area contributed by atoms with E-state index in [0.29, 0.717) is 39.2 Å². The highest BCUT2D eigenvalue weighted by molar-refractivity contribution is 6.36. The number of hydrogen-bond donors (Lipinski definition) is 1. The Hall–Kier alpha value is -3.19. The molecule has 1 aliphatic rings. The first-order chi connectivity index (χ1) is 16.8. The molecule has 0 bridgehead atoms. The Morgan fingerprint density at radius 1 is 1.03 bits per heavy atom. The maximum atomic E-state index is 13.2. The van der Waals surface area contributed by atoms with Gasteiger partial charge in [-0.3, -0.25) is 9.79 Å². The van der Waals surface area contributed by atoms with Crippen molar-refractivity contribution in [2.45, 2.75) is 19.4 Å². The average Bonchev–Trinajstić information content (AvgIpc) is 3.15. The zero-order chi connectivity index (χ0) is 25.1. The van der Waals surface area contributed by atoms with E-state index in [0.717, 1.165) is 16.7 Å². The molecule has 1 aliphatic heterocycles. The molecule has 0 radical (unpaired) electrons. The van der Waals surface area contributed by atoms with Gasteiger partial charge in [-0.05, 0) is 56.4 Å². The van der Waals surface area contributed by atoms with E-state index in [4.69, 9.17) is 32.9 Å². The maximum absolute atomic E-state index is 13.2. The molecule has 1 amide bonds. The fourth-order valence-corrected chi connectivity index (χ4v) is 4.64. The van der Waals surface area contributed by atoms with Gasteiger partial charge in [-0.1, -0.05) is 59.6 Å². The van der Waals surface area contributed by atoms with Gasteiger partial charge < -0.3 is 15.0 Å². The van der Waals surface area contributed by atoms with Crippen molar-refractivity contribution in [3.8, 4) is 0 Å². The topological polar surface area (TPSA) is 71.0 Å². The normalized spacial score (nSPS) is 15.2. The fraction of sp³-hybridized carbons (Fsp3) is 0.222. The minimum atomic E-state index is -0.678. The smallest absolute Gasteiger partial charge is 0.338 e. The van der Waals surface area contributed by atoms with E-state index in [9.17, 15) is 9.59 Å². The Bertz CT molecular complexity index is 1280. The van der Waals surface area contributed by atoms with Crippen molar-refractivity contribution in [2.75, 3.05) is 26.0 Å². The maximum Gasteiger partial charge on any atom is 0.338 e. The van der Waals surface area contributed by atoms with Gasteiger partial charge in [0.05, 0.1) is 23.6 Å². The van der Waals surface area contributed by atoms with Crippen LogP contribution in [0, 0.1) is 0 Å². The number of carbonyl (C=O) groups excluding carboxylic acids is 2. The highest BCUT2D eigenvalue weighted by Crippen LogP contribution is 2.38. The second kappa shape index (κ2) is 10.6. The molecular weight excluding hydrogens is 485 g/mol. The summed E-state index contributed by atoms with van der Waals surface area (Å²) in [7, 11) is 3.88. The Labute approximate surface area is 214 Å². The van der Waals surface area contributed by atoms with Crippen LogP contribution in [0.3, 0.4) is 0 Å². The highest BCUT2D eigenvalue weighted by Gasteiger charge is 2.36. The van der Waals surface area contributed by atoms with Crippen LogP contribution >= 0.6 is 23.2 Å². The molecule has 1 heterocycles. The number of anilines is 1. The SMILES string of the molecule is CCOC(=O)c1ccc2c(c1)NC(=O)C2C(=Nc1cc(Cl)c(CN(C)C)c(Cl)c1)c1ccccc1. The predicted octanol–water partition coefficient (Wildman–Crippen LogP) is 6.09. The molecule has 3 aromatic rings. The molecule has 0 spiro atoms. The predicted molar refractivity (Wildman–Crippen MR) is 140 cm³/mol. The van der Waals surface area contributed by atoms with Crippen LogP contribution in [0.15, 0.2) is 65.7 Å². The number of fused-ring (bicyclic) bond motifs is 1. The van der Waals surface area contributed by atoms with Crippen LogP contribution in [0.4, 0.5) is 11.4 Å². The zero-order valence-electron chi connectivity index (χ0n) is 19.6. The molecule has 3 aromatic carbocycles. The molecular formula is C27H25Cl2N3O3. The van der Waals surface area contributed by atoms with E-state index in [1.807, 2.05) is 49.3 Å². The number of halogens is 2. The number of esters is 1. The number of nitrogens with one attached hydrogen (secondary N) is 1. The highest BCUT2D eigenvalue weighted by atomic mass is 35.5. The largest absolute Gasteiger partial charge is 0.462 e. The van der Waals surface area contributed by atoms with E-state index in [-0.39, 0.29) is 12.5 Å². The van der Waals surface area contributed by atoms with E-state index in [1.54, 1.807) is 37.3 Å². The van der Waals surface area contributed by atoms with Crippen molar-refractivity contribution in [1.82, 2.24) is 4.90 Å². The lowest BCUT2D eigenvalue weighted by Crippen LogP contribution is -2.22. The van der Waals surface area contributed by atoms with Gasteiger partial charge in [0, 0.05) is 27.8 Å². The Balaban J connectivity index is 1.81. The summed E-state index contributed by atoms with van der Waals surface area (Å²) >= 11 is 13.1. The Kier molecular flexibility index (Phi) is 7.55. The number of carbonyl (C=O) groups is 2. The van der Waals surface area contributed by atoms with Crippen molar-refractivity contribution >= 4 is 52.2 Å². The quantitative estimate of drug-likeness (QED) is 0.309. The lowest BCUT2D eigenvalue weighted by Gasteiger charge is -2.16. The minimum absolute atomic E-state index is 0.231.